The van der Waals surface area contributed by atoms with Crippen molar-refractivity contribution in [1.82, 2.24) is 15.3 Å². The first-order chi connectivity index (χ1) is 15.2. The van der Waals surface area contributed by atoms with Gasteiger partial charge in [-0.2, -0.15) is 0 Å². The summed E-state index contributed by atoms with van der Waals surface area (Å²) in [6.45, 7) is 4.31. The lowest BCUT2D eigenvalue weighted by molar-refractivity contribution is -0.125. The lowest BCUT2D eigenvalue weighted by atomic mass is 9.95. The number of nitrogens with one attached hydrogen (secondary N) is 1. The van der Waals surface area contributed by atoms with Crippen molar-refractivity contribution in [3.05, 3.63) is 53.9 Å². The number of para-hydroxylation sites is 1. The van der Waals surface area contributed by atoms with E-state index in [-0.39, 0.29) is 11.8 Å². The second kappa shape index (κ2) is 10.4. The van der Waals surface area contributed by atoms with Crippen LogP contribution in [0.2, 0.25) is 0 Å². The monoisotopic (exact) mass is 420 g/mol. The van der Waals surface area contributed by atoms with Crippen LogP contribution in [0.4, 0.5) is 5.82 Å². The molecule has 0 saturated carbocycles. The Labute approximate surface area is 184 Å². The third-order valence-electron chi connectivity index (χ3n) is 6.24. The summed E-state index contributed by atoms with van der Waals surface area (Å²) in [6.07, 6.45) is 13.3. The van der Waals surface area contributed by atoms with Gasteiger partial charge in [0.05, 0.1) is 0 Å². The molecule has 4 rings (SSSR count). The molecule has 164 valence electrons. The molecule has 0 bridgehead atoms. The first-order valence-corrected chi connectivity index (χ1v) is 11.5. The van der Waals surface area contributed by atoms with Crippen molar-refractivity contribution in [1.29, 1.82) is 0 Å². The van der Waals surface area contributed by atoms with Crippen LogP contribution >= 0.6 is 0 Å². The Morgan fingerprint density at radius 2 is 1.97 bits per heavy atom. The Balaban J connectivity index is 1.30. The number of carbonyl (C=O) groups excluding carboxylic acids is 1. The molecular weight excluding hydrogens is 388 g/mol. The van der Waals surface area contributed by atoms with Gasteiger partial charge in [0.15, 0.2) is 5.82 Å². The van der Waals surface area contributed by atoms with Crippen molar-refractivity contribution in [2.75, 3.05) is 24.5 Å². The molecule has 1 aromatic carbocycles. The molecule has 6 heteroatoms. The highest BCUT2D eigenvalue weighted by atomic mass is 16.5. The number of hydrogen-bond acceptors (Lipinski definition) is 5. The van der Waals surface area contributed by atoms with Crippen LogP contribution in [0.25, 0.3) is 0 Å². The van der Waals surface area contributed by atoms with Crippen molar-refractivity contribution in [3.8, 4) is 11.6 Å². The number of piperidine rings is 1. The number of allylic oxidation sites excluding steroid dienone is 1. The number of hydrogen-bond donors (Lipinski definition) is 1. The quantitative estimate of drug-likeness (QED) is 0.652. The van der Waals surface area contributed by atoms with Gasteiger partial charge in [-0.25, -0.2) is 9.97 Å². The Bertz CT molecular complexity index is 919. The molecule has 0 spiro atoms. The van der Waals surface area contributed by atoms with Gasteiger partial charge in [-0.1, -0.05) is 29.8 Å². The molecule has 0 atom stereocenters. The van der Waals surface area contributed by atoms with E-state index in [1.165, 1.54) is 31.3 Å². The highest BCUT2D eigenvalue weighted by molar-refractivity contribution is 5.79. The highest BCUT2D eigenvalue weighted by Crippen LogP contribution is 2.32. The number of amides is 1. The molecule has 0 unspecified atom stereocenters. The number of anilines is 1. The van der Waals surface area contributed by atoms with E-state index in [1.807, 2.05) is 31.2 Å². The molecule has 1 N–H and O–H groups in total. The number of benzene rings is 1. The van der Waals surface area contributed by atoms with Gasteiger partial charge in [0.2, 0.25) is 5.91 Å². The zero-order valence-electron chi connectivity index (χ0n) is 18.3. The highest BCUT2D eigenvalue weighted by Gasteiger charge is 2.27. The molecular formula is C25H32N4O2. The zero-order chi connectivity index (χ0) is 21.5. The number of carbonyl (C=O) groups is 1. The number of ether oxygens (including phenoxy) is 1. The van der Waals surface area contributed by atoms with Crippen LogP contribution in [-0.2, 0) is 4.79 Å². The van der Waals surface area contributed by atoms with Crippen LogP contribution in [0.15, 0.2) is 48.3 Å². The molecule has 6 nitrogen and oxygen atoms in total. The molecule has 0 radical (unpaired) electrons. The van der Waals surface area contributed by atoms with Crippen LogP contribution in [0.5, 0.6) is 11.6 Å². The van der Waals surface area contributed by atoms with Crippen molar-refractivity contribution < 1.29 is 9.53 Å². The van der Waals surface area contributed by atoms with Crippen LogP contribution in [-0.4, -0.2) is 35.5 Å². The maximum absolute atomic E-state index is 12.6. The molecule has 1 aliphatic heterocycles. The van der Waals surface area contributed by atoms with E-state index in [4.69, 9.17) is 4.74 Å². The van der Waals surface area contributed by atoms with Crippen LogP contribution < -0.4 is 15.0 Å². The zero-order valence-corrected chi connectivity index (χ0v) is 18.3. The summed E-state index contributed by atoms with van der Waals surface area (Å²) >= 11 is 0. The van der Waals surface area contributed by atoms with Crippen LogP contribution in [0.1, 0.15) is 50.5 Å². The fraction of sp³-hybridized carbons (Fsp3) is 0.480. The van der Waals surface area contributed by atoms with Crippen LogP contribution in [0, 0.1) is 12.8 Å². The van der Waals surface area contributed by atoms with Gasteiger partial charge in [-0.05, 0) is 63.5 Å². The largest absolute Gasteiger partial charge is 0.436 e. The summed E-state index contributed by atoms with van der Waals surface area (Å²) in [5.41, 5.74) is 2.56. The maximum Gasteiger partial charge on any atom is 0.263 e. The van der Waals surface area contributed by atoms with Gasteiger partial charge in [0, 0.05) is 37.9 Å². The van der Waals surface area contributed by atoms with E-state index in [0.29, 0.717) is 5.88 Å². The van der Waals surface area contributed by atoms with E-state index in [1.54, 1.807) is 12.4 Å². The van der Waals surface area contributed by atoms with Gasteiger partial charge in [0.1, 0.15) is 5.75 Å². The SMILES string of the molecule is Cc1ccccc1Oc1nccnc1N1CCC(C(=O)NCCC2=CCCCC2)CC1. The smallest absolute Gasteiger partial charge is 0.263 e. The normalized spacial score (nSPS) is 17.2. The maximum atomic E-state index is 12.6. The predicted octanol–water partition coefficient (Wildman–Crippen LogP) is 4.80. The average molecular weight is 421 g/mol. The number of rotatable bonds is 7. The topological polar surface area (TPSA) is 67.4 Å². The van der Waals surface area contributed by atoms with Gasteiger partial charge in [0.25, 0.3) is 5.88 Å². The molecule has 1 aliphatic carbocycles. The van der Waals surface area contributed by atoms with Gasteiger partial charge in [-0.15, -0.1) is 0 Å². The Kier molecular flexibility index (Phi) is 7.18. The Morgan fingerprint density at radius 1 is 1.16 bits per heavy atom. The summed E-state index contributed by atoms with van der Waals surface area (Å²) < 4.78 is 6.08. The van der Waals surface area contributed by atoms with Gasteiger partial charge in [-0.3, -0.25) is 4.79 Å². The molecule has 1 aromatic heterocycles. The number of aryl methyl sites for hydroxylation is 1. The lowest BCUT2D eigenvalue weighted by Gasteiger charge is -2.32. The van der Waals surface area contributed by atoms with E-state index < -0.39 is 0 Å². The van der Waals surface area contributed by atoms with Crippen molar-refractivity contribution >= 4 is 11.7 Å². The summed E-state index contributed by atoms with van der Waals surface area (Å²) in [6, 6.07) is 7.89. The second-order valence-electron chi connectivity index (χ2n) is 8.46. The van der Waals surface area contributed by atoms with E-state index in [9.17, 15) is 4.79 Å². The van der Waals surface area contributed by atoms with Gasteiger partial charge >= 0.3 is 0 Å². The molecule has 2 aliphatic rings. The minimum absolute atomic E-state index is 0.0639. The first-order valence-electron chi connectivity index (χ1n) is 11.5. The third kappa shape index (κ3) is 5.63. The lowest BCUT2D eigenvalue weighted by Crippen LogP contribution is -2.41. The van der Waals surface area contributed by atoms with Crippen molar-refractivity contribution in [2.24, 2.45) is 5.92 Å². The Morgan fingerprint density at radius 3 is 2.74 bits per heavy atom. The molecule has 1 fully saturated rings. The van der Waals surface area contributed by atoms with E-state index >= 15 is 0 Å². The standard InChI is InChI=1S/C25H32N4O2/c1-19-7-5-6-10-22(19)31-25-23(26-15-16-28-25)29-17-12-21(13-18-29)24(30)27-14-11-20-8-3-2-4-9-20/h5-8,10,15-16,21H,2-4,9,11-14,17-18H2,1H3,(H,27,30). The predicted molar refractivity (Wildman–Crippen MR) is 122 cm³/mol. The summed E-state index contributed by atoms with van der Waals surface area (Å²) in [5.74, 6) is 2.29. The summed E-state index contributed by atoms with van der Waals surface area (Å²) in [5, 5.41) is 3.15. The first kappa shape index (κ1) is 21.3. The second-order valence-corrected chi connectivity index (χ2v) is 8.46. The summed E-state index contributed by atoms with van der Waals surface area (Å²) in [7, 11) is 0. The van der Waals surface area contributed by atoms with Crippen molar-refractivity contribution in [3.63, 3.8) is 0 Å². The average Bonchev–Trinajstić information content (AvgIpc) is 2.82. The molecule has 2 aromatic rings. The summed E-state index contributed by atoms with van der Waals surface area (Å²) in [4.78, 5) is 23.8. The minimum Gasteiger partial charge on any atom is -0.436 e. The van der Waals surface area contributed by atoms with E-state index in [0.717, 1.165) is 56.0 Å². The fourth-order valence-corrected chi connectivity index (χ4v) is 4.36. The van der Waals surface area contributed by atoms with Crippen LogP contribution in [0.3, 0.4) is 0 Å². The van der Waals surface area contributed by atoms with Gasteiger partial charge < -0.3 is 15.0 Å². The number of aromatic nitrogens is 2. The molecule has 1 saturated heterocycles. The molecule has 1 amide bonds. The number of nitrogens with zero attached hydrogens (tertiary/aromatic N) is 3. The molecule has 2 heterocycles. The fourth-order valence-electron chi connectivity index (χ4n) is 4.36. The van der Waals surface area contributed by atoms with E-state index in [2.05, 4.69) is 26.3 Å². The Hall–Kier alpha value is -2.89. The third-order valence-corrected chi connectivity index (χ3v) is 6.24. The molecule has 31 heavy (non-hydrogen) atoms. The minimum atomic E-state index is 0.0639. The van der Waals surface area contributed by atoms with Crippen molar-refractivity contribution in [2.45, 2.75) is 51.9 Å².